The van der Waals surface area contributed by atoms with Gasteiger partial charge in [0.2, 0.25) is 5.95 Å². The number of benzene rings is 4. The molecule has 0 saturated carbocycles. The second kappa shape index (κ2) is 13.7. The van der Waals surface area contributed by atoms with Gasteiger partial charge in [0, 0.05) is 4.88 Å². The standard InChI is InChI=1S/C32H31N6O3P/c1-2-3-23-41-30(39)24-33-32(40)38-29-22-14-13-21-28(29)34-31(38)35-36-37-42(25-15-7-4-8-16-25,26-17-9-5-10-18-26)27-19-11-6-12-20-27/h4-22H,2-3,23-24H2,1H3,(H-,33,34,35,37,40). The lowest BCUT2D eigenvalue weighted by Gasteiger charge is -2.20. The number of aliphatic imine (C=N–C) groups is 1. The summed E-state index contributed by atoms with van der Waals surface area (Å²) in [4.78, 5) is 25.6. The number of esters is 1. The zero-order valence-electron chi connectivity index (χ0n) is 23.2. The van der Waals surface area contributed by atoms with Gasteiger partial charge in [0.25, 0.3) is 7.41 Å². The van der Waals surface area contributed by atoms with E-state index >= 15 is 0 Å². The molecule has 1 heterocycles. The molecule has 0 spiro atoms. The number of nitrogens with zero attached hydrogens (tertiary/aromatic N) is 5. The van der Waals surface area contributed by atoms with E-state index in [4.69, 9.17) is 9.62 Å². The Morgan fingerprint density at radius 3 is 1.98 bits per heavy atom. The number of nitrogens with one attached hydrogen (secondary N) is 1. The molecule has 0 aliphatic heterocycles. The molecule has 0 fully saturated rings. The van der Waals surface area contributed by atoms with E-state index in [1.807, 2.05) is 67.6 Å². The first-order valence-corrected chi connectivity index (χ1v) is 15.5. The zero-order chi connectivity index (χ0) is 29.2. The average Bonchev–Trinajstić information content (AvgIpc) is 3.42. The highest BCUT2D eigenvalue weighted by atomic mass is 31.2. The van der Waals surface area contributed by atoms with E-state index in [1.54, 1.807) is 18.2 Å². The monoisotopic (exact) mass is 578 g/mol. The summed E-state index contributed by atoms with van der Waals surface area (Å²) in [6.45, 7) is 1.92. The van der Waals surface area contributed by atoms with E-state index in [0.717, 1.165) is 28.8 Å². The molecule has 5 rings (SSSR count). The summed E-state index contributed by atoms with van der Waals surface area (Å²) in [6.07, 6.45) is 1.65. The minimum atomic E-state index is -2.61. The second-order valence-corrected chi connectivity index (χ2v) is 12.4. The van der Waals surface area contributed by atoms with Crippen molar-refractivity contribution in [2.75, 3.05) is 18.6 Å². The van der Waals surface area contributed by atoms with Crippen molar-refractivity contribution in [2.45, 2.75) is 19.8 Å². The highest BCUT2D eigenvalue weighted by Gasteiger charge is 2.47. The quantitative estimate of drug-likeness (QED) is 0.0467. The minimum Gasteiger partial charge on any atom is -0.846 e. The highest BCUT2D eigenvalue weighted by Crippen LogP contribution is 2.57. The first-order chi connectivity index (χ1) is 20.6. The number of ether oxygens (including phenoxy) is 1. The zero-order valence-corrected chi connectivity index (χ0v) is 24.1. The topological polar surface area (TPSA) is 116 Å². The molecule has 1 aromatic heterocycles. The van der Waals surface area contributed by atoms with Gasteiger partial charge >= 0.3 is 5.97 Å². The van der Waals surface area contributed by atoms with E-state index in [9.17, 15) is 9.90 Å². The van der Waals surface area contributed by atoms with Crippen LogP contribution in [-0.4, -0.2) is 34.7 Å². The van der Waals surface area contributed by atoms with Crippen molar-refractivity contribution in [2.24, 2.45) is 15.1 Å². The summed E-state index contributed by atoms with van der Waals surface area (Å²) >= 11 is 0. The van der Waals surface area contributed by atoms with Crippen molar-refractivity contribution in [1.82, 2.24) is 9.55 Å². The number of unbranched alkanes of at least 4 members (excludes halogenated alkanes) is 1. The highest BCUT2D eigenvalue weighted by molar-refractivity contribution is 7.94. The molecule has 0 saturated heterocycles. The predicted molar refractivity (Wildman–Crippen MR) is 167 cm³/mol. The lowest BCUT2D eigenvalue weighted by molar-refractivity contribution is -0.221. The number of anilines is 1. The van der Waals surface area contributed by atoms with Crippen LogP contribution in [0, 0.1) is 0 Å². The predicted octanol–water partition coefficient (Wildman–Crippen LogP) is 4.63. The van der Waals surface area contributed by atoms with E-state index in [0.29, 0.717) is 17.6 Å². The van der Waals surface area contributed by atoms with Crippen molar-refractivity contribution in [3.63, 3.8) is 0 Å². The maximum atomic E-state index is 13.2. The van der Waals surface area contributed by atoms with Crippen LogP contribution >= 0.6 is 7.41 Å². The first kappa shape index (κ1) is 28.6. The summed E-state index contributed by atoms with van der Waals surface area (Å²) < 4.78 is 6.43. The van der Waals surface area contributed by atoms with Gasteiger partial charge in [-0.15, -0.1) is 0 Å². The summed E-state index contributed by atoms with van der Waals surface area (Å²) in [6, 6.07) is 36.7. The molecule has 1 N–H and O–H groups in total. The Balaban J connectivity index is 1.54. The number of carbonyl (C=O) groups excluding carboxylic acids is 1. The van der Waals surface area contributed by atoms with Crippen LogP contribution in [0.3, 0.4) is 0 Å². The summed E-state index contributed by atoms with van der Waals surface area (Å²) in [5.74, 6) is -0.418. The van der Waals surface area contributed by atoms with Crippen LogP contribution in [0.15, 0.2) is 130 Å². The molecule has 0 amide bonds. The van der Waals surface area contributed by atoms with Crippen LogP contribution < -0.4 is 26.4 Å². The Morgan fingerprint density at radius 2 is 1.40 bits per heavy atom. The molecule has 0 radical (unpaired) electrons. The molecular weight excluding hydrogens is 547 g/mol. The maximum absolute atomic E-state index is 13.2. The Hall–Kier alpha value is -4.88. The summed E-state index contributed by atoms with van der Waals surface area (Å²) in [5, 5.41) is 20.8. The number of hydrogen-bond acceptors (Lipinski definition) is 7. The number of para-hydroxylation sites is 2. The molecule has 9 nitrogen and oxygen atoms in total. The summed E-state index contributed by atoms with van der Waals surface area (Å²) in [5.41, 5.74) is 4.01. The Bertz CT molecular complexity index is 1580. The molecule has 0 atom stereocenters. The fourth-order valence-electron chi connectivity index (χ4n) is 4.54. The lowest BCUT2D eigenvalue weighted by atomic mass is 10.3. The first-order valence-electron chi connectivity index (χ1n) is 13.7. The van der Waals surface area contributed by atoms with E-state index < -0.39 is 19.4 Å². The lowest BCUT2D eigenvalue weighted by Crippen LogP contribution is -2.30. The van der Waals surface area contributed by atoms with Crippen molar-refractivity contribution in [1.29, 1.82) is 0 Å². The van der Waals surface area contributed by atoms with Gasteiger partial charge in [0.1, 0.15) is 22.5 Å². The van der Waals surface area contributed by atoms with Gasteiger partial charge in [-0.05, 0) is 60.2 Å². The largest absolute Gasteiger partial charge is 0.846 e. The van der Waals surface area contributed by atoms with Gasteiger partial charge < -0.3 is 9.84 Å². The Kier molecular flexibility index (Phi) is 9.31. The Morgan fingerprint density at radius 1 is 0.857 bits per heavy atom. The van der Waals surface area contributed by atoms with Crippen molar-refractivity contribution in [3.8, 4) is 0 Å². The number of carbonyl (C=O) groups is 1. The molecule has 5 aromatic rings. The fourth-order valence-corrected chi connectivity index (χ4v) is 7.73. The molecule has 0 bridgehead atoms. The molecule has 4 aromatic carbocycles. The van der Waals surface area contributed by atoms with Crippen LogP contribution in [0.2, 0.25) is 0 Å². The number of rotatable bonds is 11. The van der Waals surface area contributed by atoms with Crippen LogP contribution in [0.5, 0.6) is 0 Å². The molecule has 0 aliphatic carbocycles. The molecule has 0 unspecified atom stereocenters. The minimum absolute atomic E-state index is 0.139. The van der Waals surface area contributed by atoms with Crippen molar-refractivity contribution in [3.05, 3.63) is 115 Å². The van der Waals surface area contributed by atoms with Crippen LogP contribution in [0.1, 0.15) is 19.8 Å². The van der Waals surface area contributed by atoms with Crippen LogP contribution in [0.25, 0.3) is 11.0 Å². The molecule has 0 aliphatic rings. The third-order valence-electron chi connectivity index (χ3n) is 6.57. The van der Waals surface area contributed by atoms with Crippen molar-refractivity contribution >= 4 is 52.3 Å². The van der Waals surface area contributed by atoms with Gasteiger partial charge in [0.05, 0.1) is 23.7 Å². The number of aromatic nitrogens is 2. The molecular formula is C32H31N6O3P. The molecule has 212 valence electrons. The van der Waals surface area contributed by atoms with Crippen LogP contribution in [-0.2, 0) is 9.53 Å². The van der Waals surface area contributed by atoms with E-state index in [-0.39, 0.29) is 12.5 Å². The third-order valence-corrected chi connectivity index (χ3v) is 10.1. The van der Waals surface area contributed by atoms with Gasteiger partial charge in [-0.3, -0.25) is 14.4 Å². The molecule has 10 heteroatoms. The molecule has 42 heavy (non-hydrogen) atoms. The Labute approximate surface area is 245 Å². The SMILES string of the molecule is CCCCOC(=O)CN=C([O-])n1c(N/N=N/[P+](c2ccccc2)(c2ccccc2)c2ccccc2)nc2ccccc21. The number of hydrogen-bond donors (Lipinski definition) is 1. The van der Waals surface area contributed by atoms with Gasteiger partial charge in [0.15, 0.2) is 0 Å². The normalized spacial score (nSPS) is 12.1. The summed E-state index contributed by atoms with van der Waals surface area (Å²) in [7, 11) is -2.61. The average molecular weight is 579 g/mol. The van der Waals surface area contributed by atoms with Crippen molar-refractivity contribution < 1.29 is 14.6 Å². The van der Waals surface area contributed by atoms with E-state index in [2.05, 4.69) is 57.0 Å². The smallest absolute Gasteiger partial charge is 0.327 e. The van der Waals surface area contributed by atoms with E-state index in [1.165, 1.54) is 4.57 Å². The van der Waals surface area contributed by atoms with Gasteiger partial charge in [-0.1, -0.05) is 80.1 Å². The second-order valence-electron chi connectivity index (χ2n) is 9.38. The maximum Gasteiger partial charge on any atom is 0.327 e. The van der Waals surface area contributed by atoms with Crippen LogP contribution in [0.4, 0.5) is 5.95 Å². The fraction of sp³-hybridized carbons (Fsp3) is 0.156. The van der Waals surface area contributed by atoms with Gasteiger partial charge in [-0.25, -0.2) is 10.4 Å². The number of imidazole rings is 1. The number of fused-ring (bicyclic) bond motifs is 1. The van der Waals surface area contributed by atoms with Gasteiger partial charge in [-0.2, -0.15) is 0 Å². The third kappa shape index (κ3) is 6.21.